The Bertz CT molecular complexity index is 712. The second-order valence-electron chi connectivity index (χ2n) is 5.88. The molecular weight excluding hydrogens is 292 g/mol. The van der Waals surface area contributed by atoms with Gasteiger partial charge in [-0.1, -0.05) is 72.8 Å². The van der Waals surface area contributed by atoms with Crippen LogP contribution in [0.5, 0.6) is 0 Å². The first-order valence-corrected chi connectivity index (χ1v) is 8.22. The molecule has 1 heterocycles. The number of hydrogen-bond donors (Lipinski definition) is 1. The molecule has 0 saturated carbocycles. The zero-order valence-electron chi connectivity index (χ0n) is 13.7. The van der Waals surface area contributed by atoms with E-state index in [9.17, 15) is 0 Å². The highest BCUT2D eigenvalue weighted by Gasteiger charge is 2.32. The highest BCUT2D eigenvalue weighted by molar-refractivity contribution is 5.44. The number of rotatable bonds is 7. The minimum atomic E-state index is -0.179. The van der Waals surface area contributed by atoms with E-state index in [2.05, 4.69) is 77.5 Å². The van der Waals surface area contributed by atoms with Crippen LogP contribution in [0.3, 0.4) is 0 Å². The van der Waals surface area contributed by atoms with E-state index < -0.39 is 0 Å². The molecule has 0 bridgehead atoms. The van der Waals surface area contributed by atoms with E-state index in [0.717, 1.165) is 18.8 Å². The van der Waals surface area contributed by atoms with E-state index in [1.807, 2.05) is 30.5 Å². The van der Waals surface area contributed by atoms with Crippen molar-refractivity contribution in [2.45, 2.75) is 11.8 Å². The van der Waals surface area contributed by atoms with Crippen LogP contribution in [-0.2, 0) is 5.41 Å². The van der Waals surface area contributed by atoms with Crippen LogP contribution in [0.2, 0.25) is 0 Å². The van der Waals surface area contributed by atoms with Gasteiger partial charge in [0.15, 0.2) is 0 Å². The zero-order valence-corrected chi connectivity index (χ0v) is 13.7. The molecule has 0 aliphatic heterocycles. The lowest BCUT2D eigenvalue weighted by molar-refractivity contribution is 0.549. The summed E-state index contributed by atoms with van der Waals surface area (Å²) in [4.78, 5) is 4.39. The molecule has 0 fully saturated rings. The third kappa shape index (κ3) is 3.38. The van der Waals surface area contributed by atoms with Crippen molar-refractivity contribution in [1.29, 1.82) is 0 Å². The van der Waals surface area contributed by atoms with E-state index in [-0.39, 0.29) is 5.41 Å². The number of allylic oxidation sites excluding steroid dienone is 1. The van der Waals surface area contributed by atoms with E-state index in [0.29, 0.717) is 0 Å². The smallest absolute Gasteiger partial charge is 0.125 e. The number of anilines is 1. The molecule has 0 atom stereocenters. The number of benzene rings is 2. The normalized spacial score (nSPS) is 11.0. The summed E-state index contributed by atoms with van der Waals surface area (Å²) in [7, 11) is 0. The van der Waals surface area contributed by atoms with Gasteiger partial charge < -0.3 is 5.32 Å². The van der Waals surface area contributed by atoms with Gasteiger partial charge in [-0.2, -0.15) is 0 Å². The standard InChI is InChI=1S/C22H22N2/c1-2-16-22(19-11-5-3-6-12-19,20-13-7-4-8-14-20)18-24-21-15-9-10-17-23-21/h2-15,17H,1,16,18H2,(H,23,24). The molecule has 0 spiro atoms. The molecule has 120 valence electrons. The highest BCUT2D eigenvalue weighted by atomic mass is 15.0. The molecule has 3 aromatic rings. The lowest BCUT2D eigenvalue weighted by Crippen LogP contribution is -2.35. The van der Waals surface area contributed by atoms with Crippen LogP contribution < -0.4 is 5.32 Å². The highest BCUT2D eigenvalue weighted by Crippen LogP contribution is 2.36. The molecule has 2 heteroatoms. The molecule has 1 aromatic heterocycles. The van der Waals surface area contributed by atoms with Crippen LogP contribution in [0.1, 0.15) is 17.5 Å². The fraction of sp³-hybridized carbons (Fsp3) is 0.136. The third-order valence-corrected chi connectivity index (χ3v) is 4.38. The first-order valence-electron chi connectivity index (χ1n) is 8.22. The summed E-state index contributed by atoms with van der Waals surface area (Å²) in [6.07, 6.45) is 4.66. The first kappa shape index (κ1) is 16.0. The largest absolute Gasteiger partial charge is 0.369 e. The lowest BCUT2D eigenvalue weighted by atomic mass is 9.72. The molecule has 0 radical (unpaired) electrons. The summed E-state index contributed by atoms with van der Waals surface area (Å²) in [6, 6.07) is 27.2. The van der Waals surface area contributed by atoms with Crippen LogP contribution in [0.4, 0.5) is 5.82 Å². The summed E-state index contributed by atoms with van der Waals surface area (Å²) in [5, 5.41) is 3.51. The fourth-order valence-electron chi connectivity index (χ4n) is 3.15. The van der Waals surface area contributed by atoms with Gasteiger partial charge in [0.2, 0.25) is 0 Å². The Kier molecular flexibility index (Phi) is 5.07. The van der Waals surface area contributed by atoms with Gasteiger partial charge in [-0.15, -0.1) is 6.58 Å². The van der Waals surface area contributed by atoms with Crippen LogP contribution in [-0.4, -0.2) is 11.5 Å². The van der Waals surface area contributed by atoms with Crippen molar-refractivity contribution >= 4 is 5.82 Å². The SMILES string of the molecule is C=CCC(CNc1ccccn1)(c1ccccc1)c1ccccc1. The number of pyridine rings is 1. The Morgan fingerprint density at radius 1 is 0.833 bits per heavy atom. The third-order valence-electron chi connectivity index (χ3n) is 4.38. The van der Waals surface area contributed by atoms with E-state index in [1.165, 1.54) is 11.1 Å². The Morgan fingerprint density at radius 3 is 1.92 bits per heavy atom. The van der Waals surface area contributed by atoms with Crippen molar-refractivity contribution < 1.29 is 0 Å². The van der Waals surface area contributed by atoms with Crippen LogP contribution in [0.25, 0.3) is 0 Å². The minimum absolute atomic E-state index is 0.179. The number of hydrogen-bond acceptors (Lipinski definition) is 2. The van der Waals surface area contributed by atoms with Crippen molar-refractivity contribution in [2.24, 2.45) is 0 Å². The molecule has 0 saturated heterocycles. The molecule has 0 unspecified atom stereocenters. The second-order valence-corrected chi connectivity index (χ2v) is 5.88. The van der Waals surface area contributed by atoms with E-state index in [4.69, 9.17) is 0 Å². The molecule has 2 aromatic carbocycles. The molecule has 0 aliphatic carbocycles. The monoisotopic (exact) mass is 314 g/mol. The summed E-state index contributed by atoms with van der Waals surface area (Å²) < 4.78 is 0. The maximum Gasteiger partial charge on any atom is 0.125 e. The minimum Gasteiger partial charge on any atom is -0.369 e. The summed E-state index contributed by atoms with van der Waals surface area (Å²) in [5.74, 6) is 0.887. The Balaban J connectivity index is 2.03. The molecule has 0 amide bonds. The summed E-state index contributed by atoms with van der Waals surface area (Å²) in [5.41, 5.74) is 2.38. The average molecular weight is 314 g/mol. The second kappa shape index (κ2) is 7.60. The Morgan fingerprint density at radius 2 is 1.42 bits per heavy atom. The van der Waals surface area contributed by atoms with Crippen molar-refractivity contribution in [3.8, 4) is 0 Å². The average Bonchev–Trinajstić information content (AvgIpc) is 2.67. The predicted octanol–water partition coefficient (Wildman–Crippen LogP) is 5.06. The maximum absolute atomic E-state index is 4.39. The van der Waals surface area contributed by atoms with Crippen molar-refractivity contribution in [1.82, 2.24) is 4.98 Å². The van der Waals surface area contributed by atoms with Gasteiger partial charge in [0.25, 0.3) is 0 Å². The summed E-state index contributed by atoms with van der Waals surface area (Å²) >= 11 is 0. The number of nitrogens with zero attached hydrogens (tertiary/aromatic N) is 1. The molecule has 3 rings (SSSR count). The van der Waals surface area contributed by atoms with Crippen LogP contribution in [0.15, 0.2) is 97.7 Å². The molecular formula is C22H22N2. The van der Waals surface area contributed by atoms with Crippen molar-refractivity contribution in [2.75, 3.05) is 11.9 Å². The van der Waals surface area contributed by atoms with Crippen molar-refractivity contribution in [3.05, 3.63) is 109 Å². The molecule has 24 heavy (non-hydrogen) atoms. The maximum atomic E-state index is 4.39. The first-order chi connectivity index (χ1) is 11.8. The molecule has 2 nitrogen and oxygen atoms in total. The predicted molar refractivity (Wildman–Crippen MR) is 101 cm³/mol. The van der Waals surface area contributed by atoms with Gasteiger partial charge in [-0.3, -0.25) is 0 Å². The van der Waals surface area contributed by atoms with Gasteiger partial charge in [0.1, 0.15) is 5.82 Å². The van der Waals surface area contributed by atoms with Gasteiger partial charge in [-0.25, -0.2) is 4.98 Å². The van der Waals surface area contributed by atoms with Gasteiger partial charge in [-0.05, 0) is 29.7 Å². The number of nitrogens with one attached hydrogen (secondary N) is 1. The Labute approximate surface area is 143 Å². The Hall–Kier alpha value is -2.87. The fourth-order valence-corrected chi connectivity index (χ4v) is 3.15. The van der Waals surface area contributed by atoms with Crippen LogP contribution >= 0.6 is 0 Å². The number of aromatic nitrogens is 1. The van der Waals surface area contributed by atoms with Gasteiger partial charge >= 0.3 is 0 Å². The molecule has 0 aliphatic rings. The quantitative estimate of drug-likeness (QED) is 0.617. The lowest BCUT2D eigenvalue weighted by Gasteiger charge is -2.35. The van der Waals surface area contributed by atoms with E-state index >= 15 is 0 Å². The van der Waals surface area contributed by atoms with Crippen molar-refractivity contribution in [3.63, 3.8) is 0 Å². The van der Waals surface area contributed by atoms with Gasteiger partial charge in [0.05, 0.1) is 0 Å². The topological polar surface area (TPSA) is 24.9 Å². The van der Waals surface area contributed by atoms with Crippen LogP contribution in [0, 0.1) is 0 Å². The molecule has 1 N–H and O–H groups in total. The zero-order chi connectivity index (χ0) is 16.7. The van der Waals surface area contributed by atoms with E-state index in [1.54, 1.807) is 0 Å². The summed E-state index contributed by atoms with van der Waals surface area (Å²) in [6.45, 7) is 4.76. The van der Waals surface area contributed by atoms with Gasteiger partial charge in [0, 0.05) is 18.2 Å².